The molecule has 1 N–H and O–H groups in total. The van der Waals surface area contributed by atoms with Crippen molar-refractivity contribution in [3.05, 3.63) is 23.9 Å². The van der Waals surface area contributed by atoms with E-state index in [1.165, 1.54) is 6.42 Å². The molecule has 0 saturated heterocycles. The van der Waals surface area contributed by atoms with Gasteiger partial charge in [-0.15, -0.1) is 0 Å². The summed E-state index contributed by atoms with van der Waals surface area (Å²) in [7, 11) is 0. The Morgan fingerprint density at radius 1 is 1.33 bits per heavy atom. The van der Waals surface area contributed by atoms with Crippen LogP contribution in [0.2, 0.25) is 0 Å². The Hall–Kier alpha value is -1.09. The monoisotopic (exact) mass is 250 g/mol. The van der Waals surface area contributed by atoms with Gasteiger partial charge in [-0.3, -0.25) is 0 Å². The predicted molar refractivity (Wildman–Crippen MR) is 76.9 cm³/mol. The Morgan fingerprint density at radius 2 is 2.06 bits per heavy atom. The number of pyridine rings is 1. The number of hydrogen-bond donors (Lipinski definition) is 1. The summed E-state index contributed by atoms with van der Waals surface area (Å²) in [4.78, 5) is 6.81. The molecule has 18 heavy (non-hydrogen) atoms. The Labute approximate surface area is 111 Å². The molecule has 3 nitrogen and oxygen atoms in total. The van der Waals surface area contributed by atoms with Crippen LogP contribution in [-0.2, 0) is 0 Å². The molecule has 3 heteroatoms. The van der Waals surface area contributed by atoms with Gasteiger partial charge in [0, 0.05) is 24.3 Å². The van der Waals surface area contributed by atoms with Crippen LogP contribution in [-0.4, -0.2) is 22.7 Å². The van der Waals surface area contributed by atoms with Crippen LogP contribution >= 0.6 is 0 Å². The van der Waals surface area contributed by atoms with Crippen LogP contribution < -0.4 is 4.90 Å². The van der Waals surface area contributed by atoms with Crippen LogP contribution in [0.4, 0.5) is 5.82 Å². The van der Waals surface area contributed by atoms with Gasteiger partial charge in [-0.1, -0.05) is 26.3 Å². The number of aliphatic hydroxyl groups is 1. The predicted octanol–water partition coefficient (Wildman–Crippen LogP) is 3.54. The lowest BCUT2D eigenvalue weighted by molar-refractivity contribution is 0.199. The maximum absolute atomic E-state index is 9.87. The molecule has 0 spiro atoms. The third-order valence-corrected chi connectivity index (χ3v) is 3.41. The fourth-order valence-electron chi connectivity index (χ4n) is 2.06. The van der Waals surface area contributed by atoms with Gasteiger partial charge in [-0.25, -0.2) is 4.98 Å². The van der Waals surface area contributed by atoms with Crippen molar-refractivity contribution in [1.82, 2.24) is 4.98 Å². The maximum Gasteiger partial charge on any atom is 0.134 e. The average Bonchev–Trinajstić information content (AvgIpc) is 2.39. The molecule has 0 aliphatic carbocycles. The zero-order valence-electron chi connectivity index (χ0n) is 12.1. The lowest BCUT2D eigenvalue weighted by atomic mass is 10.1. The molecule has 1 aromatic rings. The molecule has 0 bridgehead atoms. The Bertz CT molecular complexity index is 352. The highest BCUT2D eigenvalue weighted by Crippen LogP contribution is 2.26. The second-order valence-corrected chi connectivity index (χ2v) is 4.90. The van der Waals surface area contributed by atoms with E-state index in [2.05, 4.69) is 30.7 Å². The summed E-state index contributed by atoms with van der Waals surface area (Å²) in [6.45, 7) is 9.41. The van der Waals surface area contributed by atoms with Gasteiger partial charge >= 0.3 is 0 Å². The molecule has 1 rings (SSSR count). The average molecular weight is 250 g/mol. The van der Waals surface area contributed by atoms with Crippen molar-refractivity contribution < 1.29 is 5.11 Å². The van der Waals surface area contributed by atoms with Crippen LogP contribution in [0.3, 0.4) is 0 Å². The third-order valence-electron chi connectivity index (χ3n) is 3.41. The topological polar surface area (TPSA) is 36.4 Å². The molecule has 102 valence electrons. The molecule has 1 aromatic heterocycles. The van der Waals surface area contributed by atoms with Crippen molar-refractivity contribution >= 4 is 5.82 Å². The summed E-state index contributed by atoms with van der Waals surface area (Å²) in [6, 6.07) is 4.30. The maximum atomic E-state index is 9.87. The molecule has 0 radical (unpaired) electrons. The summed E-state index contributed by atoms with van der Waals surface area (Å²) in [5.74, 6) is 0.940. The Morgan fingerprint density at radius 3 is 2.61 bits per heavy atom. The van der Waals surface area contributed by atoms with Gasteiger partial charge in [-0.2, -0.15) is 0 Å². The largest absolute Gasteiger partial charge is 0.389 e. The minimum absolute atomic E-state index is 0.448. The summed E-state index contributed by atoms with van der Waals surface area (Å²) in [6.07, 6.45) is 4.74. The quantitative estimate of drug-likeness (QED) is 0.804. The highest BCUT2D eigenvalue weighted by Gasteiger charge is 2.18. The molecular weight excluding hydrogens is 224 g/mol. The van der Waals surface area contributed by atoms with E-state index in [0.717, 1.165) is 30.8 Å². The van der Waals surface area contributed by atoms with Crippen molar-refractivity contribution in [2.24, 2.45) is 0 Å². The minimum atomic E-state index is -0.470. The van der Waals surface area contributed by atoms with Gasteiger partial charge in [0.25, 0.3) is 0 Å². The van der Waals surface area contributed by atoms with Crippen LogP contribution in [0.15, 0.2) is 18.3 Å². The fourth-order valence-corrected chi connectivity index (χ4v) is 2.06. The molecule has 0 fully saturated rings. The molecule has 0 aliphatic rings. The van der Waals surface area contributed by atoms with E-state index in [-0.39, 0.29) is 0 Å². The smallest absolute Gasteiger partial charge is 0.134 e. The van der Waals surface area contributed by atoms with Crippen molar-refractivity contribution in [1.29, 1.82) is 0 Å². The van der Waals surface area contributed by atoms with E-state index in [0.29, 0.717) is 6.04 Å². The van der Waals surface area contributed by atoms with E-state index in [4.69, 9.17) is 0 Å². The lowest BCUT2D eigenvalue weighted by Gasteiger charge is -2.31. The van der Waals surface area contributed by atoms with Gasteiger partial charge in [0.2, 0.25) is 0 Å². The number of unbranched alkanes of at least 4 members (excludes halogenated alkanes) is 1. The van der Waals surface area contributed by atoms with Gasteiger partial charge in [0.1, 0.15) is 5.82 Å². The second kappa shape index (κ2) is 7.37. The van der Waals surface area contributed by atoms with Crippen LogP contribution in [0, 0.1) is 0 Å². The Balaban J connectivity index is 3.03. The van der Waals surface area contributed by atoms with Crippen molar-refractivity contribution in [3.8, 4) is 0 Å². The summed E-state index contributed by atoms with van der Waals surface area (Å²) < 4.78 is 0. The molecule has 0 amide bonds. The third kappa shape index (κ3) is 3.70. The zero-order valence-corrected chi connectivity index (χ0v) is 12.1. The number of aliphatic hydroxyl groups excluding tert-OH is 1. The lowest BCUT2D eigenvalue weighted by Crippen LogP contribution is -2.35. The fraction of sp³-hybridized carbons (Fsp3) is 0.667. The first-order chi connectivity index (χ1) is 8.61. The minimum Gasteiger partial charge on any atom is -0.389 e. The SMILES string of the molecule is CCCCN(c1ncccc1[C@@H](C)O)C(C)CC. The highest BCUT2D eigenvalue weighted by molar-refractivity contribution is 5.48. The van der Waals surface area contributed by atoms with E-state index in [1.54, 1.807) is 6.92 Å². The highest BCUT2D eigenvalue weighted by atomic mass is 16.3. The molecular formula is C15H26N2O. The number of rotatable bonds is 7. The van der Waals surface area contributed by atoms with Crippen molar-refractivity contribution in [2.75, 3.05) is 11.4 Å². The molecule has 1 heterocycles. The van der Waals surface area contributed by atoms with E-state index < -0.39 is 6.10 Å². The van der Waals surface area contributed by atoms with Crippen LogP contribution in [0.1, 0.15) is 58.6 Å². The summed E-state index contributed by atoms with van der Waals surface area (Å²) >= 11 is 0. The summed E-state index contributed by atoms with van der Waals surface area (Å²) in [5.41, 5.74) is 0.925. The molecule has 0 saturated carbocycles. The number of nitrogens with zero attached hydrogens (tertiary/aromatic N) is 2. The first kappa shape index (κ1) is 15.0. The van der Waals surface area contributed by atoms with E-state index in [1.807, 2.05) is 18.3 Å². The van der Waals surface area contributed by atoms with E-state index >= 15 is 0 Å². The number of anilines is 1. The normalized spacial score (nSPS) is 14.3. The number of aromatic nitrogens is 1. The first-order valence-electron chi connectivity index (χ1n) is 7.01. The zero-order chi connectivity index (χ0) is 13.5. The van der Waals surface area contributed by atoms with Crippen molar-refractivity contribution in [2.45, 2.75) is 59.1 Å². The molecule has 0 aliphatic heterocycles. The van der Waals surface area contributed by atoms with Gasteiger partial charge in [0.05, 0.1) is 6.10 Å². The first-order valence-corrected chi connectivity index (χ1v) is 7.01. The Kier molecular flexibility index (Phi) is 6.13. The second-order valence-electron chi connectivity index (χ2n) is 4.90. The van der Waals surface area contributed by atoms with Crippen LogP contribution in [0.5, 0.6) is 0 Å². The van der Waals surface area contributed by atoms with Crippen LogP contribution in [0.25, 0.3) is 0 Å². The molecule has 1 unspecified atom stereocenters. The van der Waals surface area contributed by atoms with Gasteiger partial charge in [-0.05, 0) is 32.8 Å². The number of hydrogen-bond acceptors (Lipinski definition) is 3. The van der Waals surface area contributed by atoms with Crippen molar-refractivity contribution in [3.63, 3.8) is 0 Å². The molecule has 0 aromatic carbocycles. The van der Waals surface area contributed by atoms with Gasteiger partial charge in [0.15, 0.2) is 0 Å². The van der Waals surface area contributed by atoms with E-state index in [9.17, 15) is 5.11 Å². The van der Waals surface area contributed by atoms with Gasteiger partial charge < -0.3 is 10.0 Å². The summed E-state index contributed by atoms with van der Waals surface area (Å²) in [5, 5.41) is 9.87. The standard InChI is InChI=1S/C15H26N2O/c1-5-7-11-17(12(3)6-2)15-14(13(4)18)9-8-10-16-15/h8-10,12-13,18H,5-7,11H2,1-4H3/t12?,13-/m1/s1. The molecule has 2 atom stereocenters.